The average Bonchev–Trinajstić information content (AvgIpc) is 3.60. The maximum absolute atomic E-state index is 14.8. The van der Waals surface area contributed by atoms with Crippen molar-refractivity contribution in [2.24, 2.45) is 0 Å². The van der Waals surface area contributed by atoms with E-state index < -0.39 is 11.6 Å². The van der Waals surface area contributed by atoms with Gasteiger partial charge < -0.3 is 4.42 Å². The van der Waals surface area contributed by atoms with Gasteiger partial charge in [-0.05, 0) is 51.6 Å². The van der Waals surface area contributed by atoms with E-state index in [-0.39, 0.29) is 0 Å². The fourth-order valence-corrected chi connectivity index (χ4v) is 7.89. The molecule has 0 aliphatic carbocycles. The summed E-state index contributed by atoms with van der Waals surface area (Å²) in [6.45, 7) is 0. The molecule has 9 aromatic rings. The molecule has 198 valence electrons. The number of rotatable bonds is 2. The van der Waals surface area contributed by atoms with E-state index in [0.29, 0.717) is 5.56 Å². The van der Waals surface area contributed by atoms with Crippen molar-refractivity contribution in [2.45, 2.75) is 0 Å². The Bertz CT molecular complexity index is 2550. The van der Waals surface area contributed by atoms with Crippen molar-refractivity contribution in [3.63, 3.8) is 0 Å². The van der Waals surface area contributed by atoms with E-state index in [2.05, 4.69) is 66.7 Å². The Morgan fingerprint density at radius 2 is 1.21 bits per heavy atom. The van der Waals surface area contributed by atoms with Crippen molar-refractivity contribution >= 4 is 75.0 Å². The van der Waals surface area contributed by atoms with E-state index in [1.807, 2.05) is 36.4 Å². The summed E-state index contributed by atoms with van der Waals surface area (Å²) in [5.74, 6) is -1.73. The van der Waals surface area contributed by atoms with E-state index in [1.165, 1.54) is 32.3 Å². The van der Waals surface area contributed by atoms with Crippen LogP contribution >= 0.6 is 11.3 Å². The van der Waals surface area contributed by atoms with Gasteiger partial charge in [0.25, 0.3) is 0 Å². The van der Waals surface area contributed by atoms with Gasteiger partial charge in [-0.15, -0.1) is 11.3 Å². The first-order valence-corrected chi connectivity index (χ1v) is 14.6. The maximum Gasteiger partial charge on any atom is 0.159 e. The summed E-state index contributed by atoms with van der Waals surface area (Å²) in [6.07, 6.45) is 0. The molecule has 9 rings (SSSR count). The predicted molar refractivity (Wildman–Crippen MR) is 172 cm³/mol. The van der Waals surface area contributed by atoms with Gasteiger partial charge in [0, 0.05) is 47.5 Å². The second-order valence-electron chi connectivity index (χ2n) is 10.7. The standard InChI is InChI=1S/C38H20F2OS/c39-30-19-16-21(20-31(30)40)34-24-10-1-2-11-25(24)36-28(18-17-27-23-9-4-6-15-33(23)42-38(27)36)35(34)29-13-7-12-26-22-8-3-5-14-32(22)41-37(26)29/h1-20H. The minimum absolute atomic E-state index is 0.617. The summed E-state index contributed by atoms with van der Waals surface area (Å²) >= 11 is 1.79. The highest BCUT2D eigenvalue weighted by molar-refractivity contribution is 7.26. The molecule has 0 spiro atoms. The third-order valence-electron chi connectivity index (χ3n) is 8.41. The maximum atomic E-state index is 14.8. The molecular weight excluding hydrogens is 542 g/mol. The molecule has 0 fully saturated rings. The molecule has 7 aromatic carbocycles. The zero-order valence-electron chi connectivity index (χ0n) is 22.1. The molecule has 0 N–H and O–H groups in total. The minimum Gasteiger partial charge on any atom is -0.455 e. The Balaban J connectivity index is 1.55. The molecule has 0 amide bonds. The van der Waals surface area contributed by atoms with Crippen LogP contribution in [0.3, 0.4) is 0 Å². The number of thiophene rings is 1. The molecule has 1 nitrogen and oxygen atoms in total. The van der Waals surface area contributed by atoms with Gasteiger partial charge in [0.1, 0.15) is 11.2 Å². The lowest BCUT2D eigenvalue weighted by Crippen LogP contribution is -1.94. The topological polar surface area (TPSA) is 13.1 Å². The Labute approximate surface area is 242 Å². The first-order chi connectivity index (χ1) is 20.7. The third kappa shape index (κ3) is 3.21. The van der Waals surface area contributed by atoms with Gasteiger partial charge in [-0.2, -0.15) is 0 Å². The average molecular weight is 563 g/mol. The summed E-state index contributed by atoms with van der Waals surface area (Å²) in [7, 11) is 0. The molecule has 0 saturated carbocycles. The van der Waals surface area contributed by atoms with Crippen LogP contribution in [-0.4, -0.2) is 0 Å². The number of hydrogen-bond acceptors (Lipinski definition) is 2. The zero-order chi connectivity index (χ0) is 27.9. The van der Waals surface area contributed by atoms with E-state index >= 15 is 0 Å². The molecule has 0 saturated heterocycles. The van der Waals surface area contributed by atoms with Gasteiger partial charge in [-0.25, -0.2) is 8.78 Å². The Morgan fingerprint density at radius 1 is 0.500 bits per heavy atom. The van der Waals surface area contributed by atoms with Crippen molar-refractivity contribution < 1.29 is 13.2 Å². The highest BCUT2D eigenvalue weighted by Gasteiger charge is 2.23. The number of halogens is 2. The van der Waals surface area contributed by atoms with Gasteiger partial charge in [0.15, 0.2) is 11.6 Å². The summed E-state index contributed by atoms with van der Waals surface area (Å²) in [4.78, 5) is 0. The molecule has 4 heteroatoms. The van der Waals surface area contributed by atoms with Crippen LogP contribution in [-0.2, 0) is 0 Å². The smallest absolute Gasteiger partial charge is 0.159 e. The van der Waals surface area contributed by atoms with Crippen LogP contribution in [0.5, 0.6) is 0 Å². The summed E-state index contributed by atoms with van der Waals surface area (Å²) in [5.41, 5.74) is 4.91. The van der Waals surface area contributed by atoms with Crippen molar-refractivity contribution in [3.05, 3.63) is 133 Å². The van der Waals surface area contributed by atoms with Crippen LogP contribution in [0.4, 0.5) is 8.78 Å². The number of hydrogen-bond donors (Lipinski definition) is 0. The number of fused-ring (bicyclic) bond motifs is 10. The number of furan rings is 1. The molecule has 2 aromatic heterocycles. The molecule has 0 aliphatic rings. The molecule has 2 heterocycles. The second kappa shape index (κ2) is 8.72. The lowest BCUT2D eigenvalue weighted by Gasteiger charge is -2.19. The van der Waals surface area contributed by atoms with Crippen molar-refractivity contribution in [3.8, 4) is 22.3 Å². The predicted octanol–water partition coefficient (Wildman–Crippen LogP) is 11.9. The van der Waals surface area contributed by atoms with Crippen LogP contribution in [0.15, 0.2) is 126 Å². The summed E-state index contributed by atoms with van der Waals surface area (Å²) in [6, 6.07) is 39.6. The van der Waals surface area contributed by atoms with Gasteiger partial charge in [0.05, 0.1) is 0 Å². The van der Waals surface area contributed by atoms with Gasteiger partial charge in [-0.1, -0.05) is 97.1 Å². The normalized spacial score (nSPS) is 12.0. The summed E-state index contributed by atoms with van der Waals surface area (Å²) < 4.78 is 38.0. The van der Waals surface area contributed by atoms with Crippen LogP contribution in [0.25, 0.3) is 85.9 Å². The number of benzene rings is 7. The fourth-order valence-electron chi connectivity index (χ4n) is 6.63. The monoisotopic (exact) mass is 562 g/mol. The van der Waals surface area contributed by atoms with Crippen molar-refractivity contribution in [1.29, 1.82) is 0 Å². The van der Waals surface area contributed by atoms with Crippen LogP contribution < -0.4 is 0 Å². The quantitative estimate of drug-likeness (QED) is 0.191. The highest BCUT2D eigenvalue weighted by atomic mass is 32.1. The highest BCUT2D eigenvalue weighted by Crippen LogP contribution is 2.50. The Kier molecular flexibility index (Phi) is 4.90. The van der Waals surface area contributed by atoms with Crippen LogP contribution in [0.1, 0.15) is 0 Å². The second-order valence-corrected chi connectivity index (χ2v) is 11.7. The Morgan fingerprint density at radius 3 is 2.07 bits per heavy atom. The molecule has 0 aliphatic heterocycles. The molecule has 0 bridgehead atoms. The van der Waals surface area contributed by atoms with E-state index in [0.717, 1.165) is 60.2 Å². The van der Waals surface area contributed by atoms with Crippen LogP contribution in [0.2, 0.25) is 0 Å². The molecule has 0 unspecified atom stereocenters. The first kappa shape index (κ1) is 23.6. The van der Waals surface area contributed by atoms with Crippen molar-refractivity contribution in [1.82, 2.24) is 0 Å². The minimum atomic E-state index is -0.871. The largest absolute Gasteiger partial charge is 0.455 e. The van der Waals surface area contributed by atoms with Gasteiger partial charge in [0.2, 0.25) is 0 Å². The van der Waals surface area contributed by atoms with Gasteiger partial charge in [-0.3, -0.25) is 0 Å². The third-order valence-corrected chi connectivity index (χ3v) is 9.62. The Hall–Kier alpha value is -5.06. The molecule has 0 atom stereocenters. The SMILES string of the molecule is Fc1ccc(-c2c(-c3cccc4c3oc3ccccc34)c3ccc4c5ccccc5sc4c3c3ccccc23)cc1F. The van der Waals surface area contributed by atoms with E-state index in [9.17, 15) is 8.78 Å². The molecule has 0 radical (unpaired) electrons. The van der Waals surface area contributed by atoms with E-state index in [1.54, 1.807) is 17.4 Å². The molecule has 42 heavy (non-hydrogen) atoms. The summed E-state index contributed by atoms with van der Waals surface area (Å²) in [5, 5.41) is 8.74. The lowest BCUT2D eigenvalue weighted by atomic mass is 9.84. The number of para-hydroxylation sites is 2. The first-order valence-electron chi connectivity index (χ1n) is 13.8. The fraction of sp³-hybridized carbons (Fsp3) is 0. The van der Waals surface area contributed by atoms with Crippen LogP contribution in [0, 0.1) is 11.6 Å². The lowest BCUT2D eigenvalue weighted by molar-refractivity contribution is 0.509. The van der Waals surface area contributed by atoms with Gasteiger partial charge >= 0.3 is 0 Å². The van der Waals surface area contributed by atoms with E-state index in [4.69, 9.17) is 4.42 Å². The molecular formula is C38H20F2OS. The zero-order valence-corrected chi connectivity index (χ0v) is 22.9. The van der Waals surface area contributed by atoms with Crippen molar-refractivity contribution in [2.75, 3.05) is 0 Å².